The number of benzene rings is 1. The van der Waals surface area contributed by atoms with Gasteiger partial charge in [0.1, 0.15) is 0 Å². The van der Waals surface area contributed by atoms with Gasteiger partial charge in [-0.1, -0.05) is 25.1 Å². The van der Waals surface area contributed by atoms with Gasteiger partial charge in [-0.2, -0.15) is 24.9 Å². The third-order valence-electron chi connectivity index (χ3n) is 2.94. The van der Waals surface area contributed by atoms with Gasteiger partial charge in [0.15, 0.2) is 0 Å². The van der Waals surface area contributed by atoms with Gasteiger partial charge >= 0.3 is 6.18 Å². The van der Waals surface area contributed by atoms with E-state index in [0.29, 0.717) is 0 Å². The molecule has 19 heavy (non-hydrogen) atoms. The molecule has 0 aliphatic rings. The molecular weight excluding hydrogens is 273 g/mol. The zero-order valence-corrected chi connectivity index (χ0v) is 11.7. The van der Waals surface area contributed by atoms with E-state index in [4.69, 9.17) is 5.11 Å². The molecule has 0 bridgehead atoms. The van der Waals surface area contributed by atoms with Gasteiger partial charge in [0.2, 0.25) is 0 Å². The first-order valence-corrected chi connectivity index (χ1v) is 7.46. The highest BCUT2D eigenvalue weighted by atomic mass is 32.2. The molecule has 1 nitrogen and oxygen atoms in total. The number of thioether (sulfide) groups is 1. The third kappa shape index (κ3) is 5.87. The van der Waals surface area contributed by atoms with E-state index in [1.165, 1.54) is 12.1 Å². The number of hydrogen-bond donors (Lipinski definition) is 1. The fourth-order valence-electron chi connectivity index (χ4n) is 1.85. The fraction of sp³-hybridized carbons (Fsp3) is 0.571. The molecule has 0 amide bonds. The van der Waals surface area contributed by atoms with Gasteiger partial charge in [-0.3, -0.25) is 0 Å². The Morgan fingerprint density at radius 1 is 1.26 bits per heavy atom. The third-order valence-corrected chi connectivity index (χ3v) is 3.99. The van der Waals surface area contributed by atoms with E-state index in [1.807, 2.05) is 6.92 Å². The number of hydrogen-bond acceptors (Lipinski definition) is 2. The minimum atomic E-state index is -4.27. The number of alkyl halides is 3. The van der Waals surface area contributed by atoms with Crippen LogP contribution in [0.25, 0.3) is 0 Å². The Kier molecular flexibility index (Phi) is 6.72. The Labute approximate surface area is 116 Å². The van der Waals surface area contributed by atoms with Crippen LogP contribution in [0.15, 0.2) is 24.3 Å². The molecule has 1 unspecified atom stereocenters. The van der Waals surface area contributed by atoms with Crippen molar-refractivity contribution in [3.8, 4) is 0 Å². The van der Waals surface area contributed by atoms with E-state index in [-0.39, 0.29) is 12.5 Å². The summed E-state index contributed by atoms with van der Waals surface area (Å²) in [5, 5.41) is 8.63. The molecular formula is C14H19F3OS. The summed E-state index contributed by atoms with van der Waals surface area (Å²) >= 11 is 1.67. The summed E-state index contributed by atoms with van der Waals surface area (Å²) in [6.07, 6.45) is -2.46. The van der Waals surface area contributed by atoms with Crippen molar-refractivity contribution in [2.75, 3.05) is 18.1 Å². The first-order chi connectivity index (χ1) is 8.95. The lowest BCUT2D eigenvalue weighted by atomic mass is 9.95. The SMILES string of the molecule is CC(CCCSCCO)c1cccc(C(F)(F)F)c1. The number of aliphatic hydroxyl groups is 1. The molecule has 5 heteroatoms. The molecule has 1 atom stereocenters. The average molecular weight is 292 g/mol. The highest BCUT2D eigenvalue weighted by molar-refractivity contribution is 7.99. The highest BCUT2D eigenvalue weighted by Gasteiger charge is 2.30. The van der Waals surface area contributed by atoms with Gasteiger partial charge in [-0.15, -0.1) is 0 Å². The van der Waals surface area contributed by atoms with Crippen molar-refractivity contribution in [2.45, 2.75) is 31.9 Å². The second kappa shape index (κ2) is 7.80. The van der Waals surface area contributed by atoms with Crippen LogP contribution in [0.3, 0.4) is 0 Å². The van der Waals surface area contributed by atoms with Crippen LogP contribution in [0.5, 0.6) is 0 Å². The lowest BCUT2D eigenvalue weighted by Gasteiger charge is -2.14. The van der Waals surface area contributed by atoms with Gasteiger partial charge in [-0.25, -0.2) is 0 Å². The number of halogens is 3. The molecule has 0 aliphatic carbocycles. The van der Waals surface area contributed by atoms with Gasteiger partial charge in [0.25, 0.3) is 0 Å². The monoisotopic (exact) mass is 292 g/mol. The summed E-state index contributed by atoms with van der Waals surface area (Å²) in [5.74, 6) is 1.78. The second-order valence-electron chi connectivity index (χ2n) is 4.50. The van der Waals surface area contributed by atoms with Crippen molar-refractivity contribution in [2.24, 2.45) is 0 Å². The summed E-state index contributed by atoms with van der Waals surface area (Å²) in [6, 6.07) is 5.56. The smallest absolute Gasteiger partial charge is 0.396 e. The quantitative estimate of drug-likeness (QED) is 0.755. The molecule has 1 aromatic rings. The lowest BCUT2D eigenvalue weighted by molar-refractivity contribution is -0.137. The van der Waals surface area contributed by atoms with Crippen LogP contribution in [0.1, 0.15) is 36.8 Å². The van der Waals surface area contributed by atoms with Crippen molar-refractivity contribution in [1.29, 1.82) is 0 Å². The first-order valence-electron chi connectivity index (χ1n) is 6.31. The molecule has 0 saturated carbocycles. The van der Waals surface area contributed by atoms with E-state index < -0.39 is 11.7 Å². The molecule has 0 aromatic heterocycles. The highest BCUT2D eigenvalue weighted by Crippen LogP contribution is 2.32. The van der Waals surface area contributed by atoms with E-state index in [0.717, 1.165) is 36.0 Å². The maximum absolute atomic E-state index is 12.6. The maximum Gasteiger partial charge on any atom is 0.416 e. The van der Waals surface area contributed by atoms with Crippen molar-refractivity contribution < 1.29 is 18.3 Å². The minimum absolute atomic E-state index is 0.122. The molecule has 0 aliphatic heterocycles. The number of rotatable bonds is 7. The summed E-state index contributed by atoms with van der Waals surface area (Å²) in [4.78, 5) is 0. The average Bonchev–Trinajstić information content (AvgIpc) is 2.37. The van der Waals surface area contributed by atoms with Crippen LogP contribution in [0, 0.1) is 0 Å². The van der Waals surface area contributed by atoms with Gasteiger partial charge in [0, 0.05) is 5.75 Å². The van der Waals surface area contributed by atoms with Crippen LogP contribution in [-0.4, -0.2) is 23.2 Å². The topological polar surface area (TPSA) is 20.2 Å². The van der Waals surface area contributed by atoms with Crippen LogP contribution in [0.2, 0.25) is 0 Å². The molecule has 1 rings (SSSR count). The molecule has 1 aromatic carbocycles. The normalized spacial score (nSPS) is 13.5. The van der Waals surface area contributed by atoms with Crippen molar-refractivity contribution in [1.82, 2.24) is 0 Å². The molecule has 108 valence electrons. The van der Waals surface area contributed by atoms with Gasteiger partial charge in [0.05, 0.1) is 12.2 Å². The molecule has 0 spiro atoms. The first kappa shape index (κ1) is 16.4. The van der Waals surface area contributed by atoms with Crippen LogP contribution >= 0.6 is 11.8 Å². The number of aliphatic hydroxyl groups excluding tert-OH is 1. The summed E-state index contributed by atoms with van der Waals surface area (Å²) in [5.41, 5.74) is 0.161. The summed E-state index contributed by atoms with van der Waals surface area (Å²) < 4.78 is 37.8. The van der Waals surface area contributed by atoms with Crippen LogP contribution in [0.4, 0.5) is 13.2 Å². The molecule has 1 N–H and O–H groups in total. The predicted octanol–water partition coefficient (Wildman–Crippen LogP) is 4.31. The Hall–Kier alpha value is -0.680. The molecule has 0 radical (unpaired) electrons. The van der Waals surface area contributed by atoms with E-state index in [1.54, 1.807) is 17.8 Å². The van der Waals surface area contributed by atoms with Gasteiger partial charge in [-0.05, 0) is 36.1 Å². The van der Waals surface area contributed by atoms with Gasteiger partial charge < -0.3 is 5.11 Å². The molecule has 0 heterocycles. The Morgan fingerprint density at radius 2 is 2.00 bits per heavy atom. The van der Waals surface area contributed by atoms with E-state index in [2.05, 4.69) is 0 Å². The summed E-state index contributed by atoms with van der Waals surface area (Å²) in [7, 11) is 0. The lowest BCUT2D eigenvalue weighted by Crippen LogP contribution is -2.06. The fourth-order valence-corrected chi connectivity index (χ4v) is 2.55. The van der Waals surface area contributed by atoms with Crippen molar-refractivity contribution >= 4 is 11.8 Å². The van der Waals surface area contributed by atoms with Crippen LogP contribution in [-0.2, 0) is 6.18 Å². The van der Waals surface area contributed by atoms with Crippen molar-refractivity contribution in [3.63, 3.8) is 0 Å². The largest absolute Gasteiger partial charge is 0.416 e. The summed E-state index contributed by atoms with van der Waals surface area (Å²) in [6.45, 7) is 2.13. The van der Waals surface area contributed by atoms with Crippen LogP contribution < -0.4 is 0 Å². The Morgan fingerprint density at radius 3 is 2.63 bits per heavy atom. The zero-order chi connectivity index (χ0) is 14.3. The maximum atomic E-state index is 12.6. The standard InChI is InChI=1S/C14H19F3OS/c1-11(4-3-8-19-9-7-18)12-5-2-6-13(10-12)14(15,16)17/h2,5-6,10-11,18H,3-4,7-9H2,1H3. The second-order valence-corrected chi connectivity index (χ2v) is 5.73. The Balaban J connectivity index is 2.50. The zero-order valence-electron chi connectivity index (χ0n) is 10.9. The van der Waals surface area contributed by atoms with E-state index in [9.17, 15) is 13.2 Å². The Bertz CT molecular complexity index is 379. The molecule has 0 fully saturated rings. The van der Waals surface area contributed by atoms with E-state index >= 15 is 0 Å². The molecule has 0 saturated heterocycles. The predicted molar refractivity (Wildman–Crippen MR) is 73.5 cm³/mol. The van der Waals surface area contributed by atoms with Crippen molar-refractivity contribution in [3.05, 3.63) is 35.4 Å². The minimum Gasteiger partial charge on any atom is -0.396 e.